The van der Waals surface area contributed by atoms with E-state index < -0.39 is 0 Å². The highest BCUT2D eigenvalue weighted by Crippen LogP contribution is 2.23. The summed E-state index contributed by atoms with van der Waals surface area (Å²) in [6.45, 7) is 4.45. The second kappa shape index (κ2) is 6.39. The van der Waals surface area contributed by atoms with Crippen LogP contribution in [0.15, 0.2) is 48.8 Å². The fourth-order valence-corrected chi connectivity index (χ4v) is 1.96. The average molecular weight is 284 g/mol. The first-order valence-corrected chi connectivity index (χ1v) is 6.86. The summed E-state index contributed by atoms with van der Waals surface area (Å²) in [6.07, 6.45) is 6.65. The standard InChI is InChI=1S/C17H20N2O2/c1-17(2,15-7-5-4-6-8-15)13-21-16(20)10-9-14-11-18-19(3)12-14/h4-12H,13H2,1-3H3. The first-order valence-electron chi connectivity index (χ1n) is 6.86. The van der Waals surface area contributed by atoms with Crippen molar-refractivity contribution in [3.8, 4) is 0 Å². The number of hydrogen-bond donors (Lipinski definition) is 0. The molecule has 2 aromatic rings. The van der Waals surface area contributed by atoms with Crippen LogP contribution in [0.1, 0.15) is 25.0 Å². The molecule has 1 aromatic carbocycles. The summed E-state index contributed by atoms with van der Waals surface area (Å²) in [7, 11) is 1.83. The minimum Gasteiger partial charge on any atom is -0.462 e. The van der Waals surface area contributed by atoms with Crippen LogP contribution in [-0.2, 0) is 22.0 Å². The predicted molar refractivity (Wildman–Crippen MR) is 82.7 cm³/mol. The Morgan fingerprint density at radius 1 is 1.33 bits per heavy atom. The van der Waals surface area contributed by atoms with Crippen molar-refractivity contribution in [2.75, 3.05) is 6.61 Å². The fraction of sp³-hybridized carbons (Fsp3) is 0.294. The van der Waals surface area contributed by atoms with E-state index in [9.17, 15) is 4.79 Å². The lowest BCUT2D eigenvalue weighted by atomic mass is 9.86. The number of hydrogen-bond acceptors (Lipinski definition) is 3. The van der Waals surface area contributed by atoms with Gasteiger partial charge >= 0.3 is 5.97 Å². The second-order valence-electron chi connectivity index (χ2n) is 5.64. The average Bonchev–Trinajstić information content (AvgIpc) is 2.90. The highest BCUT2D eigenvalue weighted by atomic mass is 16.5. The first-order chi connectivity index (χ1) is 9.97. The Kier molecular flexibility index (Phi) is 4.58. The third kappa shape index (κ3) is 4.31. The maximum absolute atomic E-state index is 11.8. The molecule has 1 aromatic heterocycles. The van der Waals surface area contributed by atoms with E-state index >= 15 is 0 Å². The summed E-state index contributed by atoms with van der Waals surface area (Å²) in [5, 5.41) is 4.03. The fourth-order valence-electron chi connectivity index (χ4n) is 1.96. The lowest BCUT2D eigenvalue weighted by Crippen LogP contribution is -2.25. The van der Waals surface area contributed by atoms with Crippen molar-refractivity contribution >= 4 is 12.0 Å². The van der Waals surface area contributed by atoms with Gasteiger partial charge in [-0.2, -0.15) is 5.10 Å². The lowest BCUT2D eigenvalue weighted by molar-refractivity contribution is -0.139. The molecular weight excluding hydrogens is 264 g/mol. The van der Waals surface area contributed by atoms with E-state index in [1.807, 2.05) is 43.6 Å². The van der Waals surface area contributed by atoms with Gasteiger partial charge in [-0.3, -0.25) is 4.68 Å². The third-order valence-electron chi connectivity index (χ3n) is 3.27. The number of aryl methyl sites for hydroxylation is 1. The van der Waals surface area contributed by atoms with Crippen LogP contribution in [0, 0.1) is 0 Å². The molecule has 0 saturated heterocycles. The van der Waals surface area contributed by atoms with E-state index in [4.69, 9.17) is 4.74 Å². The van der Waals surface area contributed by atoms with E-state index in [0.717, 1.165) is 11.1 Å². The van der Waals surface area contributed by atoms with Crippen molar-refractivity contribution in [2.24, 2.45) is 7.05 Å². The van der Waals surface area contributed by atoms with Gasteiger partial charge in [-0.25, -0.2) is 4.79 Å². The van der Waals surface area contributed by atoms with Gasteiger partial charge in [0.25, 0.3) is 0 Å². The van der Waals surface area contributed by atoms with Gasteiger partial charge in [-0.1, -0.05) is 44.2 Å². The van der Waals surface area contributed by atoms with Gasteiger partial charge in [0.1, 0.15) is 6.61 Å². The summed E-state index contributed by atoms with van der Waals surface area (Å²) in [5.41, 5.74) is 1.81. The Labute approximate surface area is 125 Å². The van der Waals surface area contributed by atoms with E-state index in [-0.39, 0.29) is 11.4 Å². The van der Waals surface area contributed by atoms with Crippen molar-refractivity contribution in [3.63, 3.8) is 0 Å². The molecule has 2 rings (SSSR count). The van der Waals surface area contributed by atoms with Gasteiger partial charge in [-0.05, 0) is 11.6 Å². The van der Waals surface area contributed by atoms with Crippen LogP contribution in [-0.4, -0.2) is 22.4 Å². The monoisotopic (exact) mass is 284 g/mol. The number of benzene rings is 1. The van der Waals surface area contributed by atoms with Crippen LogP contribution in [0.3, 0.4) is 0 Å². The SMILES string of the molecule is Cn1cc(C=CC(=O)OCC(C)(C)c2ccccc2)cn1. The molecule has 0 aliphatic rings. The Bertz CT molecular complexity index is 627. The molecule has 4 heteroatoms. The van der Waals surface area contributed by atoms with Crippen LogP contribution in [0.2, 0.25) is 0 Å². The predicted octanol–water partition coefficient (Wildman–Crippen LogP) is 2.95. The van der Waals surface area contributed by atoms with E-state index in [1.165, 1.54) is 6.08 Å². The molecule has 0 N–H and O–H groups in total. The topological polar surface area (TPSA) is 44.1 Å². The summed E-state index contributed by atoms with van der Waals surface area (Å²) >= 11 is 0. The largest absolute Gasteiger partial charge is 0.462 e. The van der Waals surface area contributed by atoms with E-state index in [2.05, 4.69) is 18.9 Å². The molecule has 0 aliphatic carbocycles. The van der Waals surface area contributed by atoms with E-state index in [0.29, 0.717) is 6.61 Å². The highest BCUT2D eigenvalue weighted by Gasteiger charge is 2.21. The zero-order chi connectivity index (χ0) is 15.3. The molecule has 0 aliphatic heterocycles. The lowest BCUT2D eigenvalue weighted by Gasteiger charge is -2.24. The van der Waals surface area contributed by atoms with Gasteiger partial charge in [0.15, 0.2) is 0 Å². The normalized spacial score (nSPS) is 11.8. The summed E-state index contributed by atoms with van der Waals surface area (Å²) in [4.78, 5) is 11.8. The smallest absolute Gasteiger partial charge is 0.330 e. The second-order valence-corrected chi connectivity index (χ2v) is 5.64. The van der Waals surface area contributed by atoms with Crippen LogP contribution >= 0.6 is 0 Å². The molecule has 0 bridgehead atoms. The Morgan fingerprint density at radius 2 is 2.05 bits per heavy atom. The molecule has 110 valence electrons. The maximum Gasteiger partial charge on any atom is 0.330 e. The number of nitrogens with zero attached hydrogens (tertiary/aromatic N) is 2. The number of aromatic nitrogens is 2. The van der Waals surface area contributed by atoms with Crippen LogP contribution in [0.5, 0.6) is 0 Å². The molecule has 0 saturated carbocycles. The van der Waals surface area contributed by atoms with Gasteiger partial charge in [-0.15, -0.1) is 0 Å². The molecular formula is C17H20N2O2. The third-order valence-corrected chi connectivity index (χ3v) is 3.27. The zero-order valence-corrected chi connectivity index (χ0v) is 12.6. The molecule has 0 radical (unpaired) electrons. The summed E-state index contributed by atoms with van der Waals surface area (Å²) in [6, 6.07) is 10.0. The van der Waals surface area contributed by atoms with Crippen molar-refractivity contribution < 1.29 is 9.53 Å². The number of rotatable bonds is 5. The van der Waals surface area contributed by atoms with Gasteiger partial charge in [0.05, 0.1) is 6.20 Å². The van der Waals surface area contributed by atoms with Gasteiger partial charge < -0.3 is 4.74 Å². The minimum absolute atomic E-state index is 0.209. The number of carbonyl (C=O) groups is 1. The first kappa shape index (κ1) is 15.0. The number of ether oxygens (including phenoxy) is 1. The Morgan fingerprint density at radius 3 is 2.67 bits per heavy atom. The molecule has 0 amide bonds. The maximum atomic E-state index is 11.8. The molecule has 1 heterocycles. The van der Waals surface area contributed by atoms with Crippen LogP contribution < -0.4 is 0 Å². The number of carbonyl (C=O) groups excluding carboxylic acids is 1. The molecule has 21 heavy (non-hydrogen) atoms. The summed E-state index contributed by atoms with van der Waals surface area (Å²) < 4.78 is 7.02. The minimum atomic E-state index is -0.345. The van der Waals surface area contributed by atoms with Crippen LogP contribution in [0.25, 0.3) is 6.08 Å². The van der Waals surface area contributed by atoms with Crippen molar-refractivity contribution in [1.29, 1.82) is 0 Å². The van der Waals surface area contributed by atoms with Crippen molar-refractivity contribution in [1.82, 2.24) is 9.78 Å². The molecule has 4 nitrogen and oxygen atoms in total. The van der Waals surface area contributed by atoms with Crippen molar-refractivity contribution in [2.45, 2.75) is 19.3 Å². The highest BCUT2D eigenvalue weighted by molar-refractivity contribution is 5.86. The quantitative estimate of drug-likeness (QED) is 0.626. The van der Waals surface area contributed by atoms with Crippen LogP contribution in [0.4, 0.5) is 0 Å². The number of esters is 1. The molecule has 0 fully saturated rings. The Balaban J connectivity index is 1.90. The molecule has 0 unspecified atom stereocenters. The van der Waals surface area contributed by atoms with Crippen molar-refractivity contribution in [3.05, 3.63) is 59.9 Å². The zero-order valence-electron chi connectivity index (χ0n) is 12.6. The molecule has 0 spiro atoms. The molecule has 0 atom stereocenters. The summed E-state index contributed by atoms with van der Waals surface area (Å²) in [5.74, 6) is -0.345. The van der Waals surface area contributed by atoms with Gasteiger partial charge in [0.2, 0.25) is 0 Å². The Hall–Kier alpha value is -2.36. The van der Waals surface area contributed by atoms with Gasteiger partial charge in [0, 0.05) is 30.3 Å². The van der Waals surface area contributed by atoms with E-state index in [1.54, 1.807) is 17.0 Å².